The molecule has 0 unspecified atom stereocenters. The first-order chi connectivity index (χ1) is 12.8. The Hall–Kier alpha value is -1.97. The zero-order chi connectivity index (χ0) is 19.8. The van der Waals surface area contributed by atoms with Gasteiger partial charge in [-0.05, 0) is 44.0 Å². The molecule has 0 bridgehead atoms. The van der Waals surface area contributed by atoms with Gasteiger partial charge in [0.15, 0.2) is 0 Å². The first-order valence-electron chi connectivity index (χ1n) is 9.14. The van der Waals surface area contributed by atoms with Gasteiger partial charge in [-0.25, -0.2) is 17.7 Å². The molecule has 1 atom stereocenters. The number of aryl methyl sites for hydroxylation is 1. The molecule has 0 saturated carbocycles. The van der Waals surface area contributed by atoms with Gasteiger partial charge in [-0.3, -0.25) is 9.69 Å². The predicted octanol–water partition coefficient (Wildman–Crippen LogP) is 1.75. The molecule has 1 aromatic heterocycles. The Balaban J connectivity index is 2.02. The molecule has 1 aliphatic heterocycles. The number of hydrogen-bond donors (Lipinski definition) is 1. The summed E-state index contributed by atoms with van der Waals surface area (Å²) in [5.74, 6) is -0.0237. The smallest absolute Gasteiger partial charge is 0.320 e. The summed E-state index contributed by atoms with van der Waals surface area (Å²) >= 11 is 0. The van der Waals surface area contributed by atoms with E-state index >= 15 is 0 Å². The van der Waals surface area contributed by atoms with Crippen molar-refractivity contribution in [2.75, 3.05) is 20.6 Å². The van der Waals surface area contributed by atoms with E-state index < -0.39 is 22.0 Å². The van der Waals surface area contributed by atoms with Crippen LogP contribution in [0.4, 0.5) is 0 Å². The average molecular weight is 394 g/mol. The number of nitrogens with zero attached hydrogens (tertiary/aromatic N) is 4. The Morgan fingerprint density at radius 3 is 2.74 bits per heavy atom. The van der Waals surface area contributed by atoms with E-state index in [1.54, 1.807) is 18.2 Å². The fourth-order valence-corrected chi connectivity index (χ4v) is 4.52. The standard InChI is InChI=1S/C18H26N4O4S/c1-4-9-22-15-8-7-13(27(25,26)20(2)3)11-14(15)19-17(22)12-21-10-5-6-16(21)18(23)24/h7-8,11,16H,4-6,9-10,12H2,1-3H3,(H,23,24)/t16-/m1/s1. The first-order valence-corrected chi connectivity index (χ1v) is 10.6. The lowest BCUT2D eigenvalue weighted by atomic mass is 10.2. The number of fused-ring (bicyclic) bond motifs is 1. The number of imidazole rings is 1. The van der Waals surface area contributed by atoms with Gasteiger partial charge in [0.2, 0.25) is 10.0 Å². The Kier molecular flexibility index (Phi) is 5.55. The van der Waals surface area contributed by atoms with Crippen LogP contribution in [0.15, 0.2) is 23.1 Å². The second-order valence-corrected chi connectivity index (χ2v) is 9.24. The van der Waals surface area contributed by atoms with Gasteiger partial charge < -0.3 is 9.67 Å². The zero-order valence-corrected chi connectivity index (χ0v) is 16.7. The summed E-state index contributed by atoms with van der Waals surface area (Å²) in [5.41, 5.74) is 1.49. The van der Waals surface area contributed by atoms with Crippen LogP contribution in [0.2, 0.25) is 0 Å². The molecule has 3 rings (SSSR count). The van der Waals surface area contributed by atoms with E-state index in [4.69, 9.17) is 0 Å². The van der Waals surface area contributed by atoms with Gasteiger partial charge in [0.05, 0.1) is 22.5 Å². The van der Waals surface area contributed by atoms with Crippen LogP contribution >= 0.6 is 0 Å². The lowest BCUT2D eigenvalue weighted by Gasteiger charge is -2.21. The number of likely N-dealkylation sites (tertiary alicyclic amines) is 1. The number of carboxylic acids is 1. The van der Waals surface area contributed by atoms with E-state index in [0.29, 0.717) is 18.5 Å². The maximum Gasteiger partial charge on any atom is 0.320 e. The molecule has 148 valence electrons. The lowest BCUT2D eigenvalue weighted by molar-refractivity contribution is -0.142. The van der Waals surface area contributed by atoms with Crippen molar-refractivity contribution in [1.29, 1.82) is 0 Å². The van der Waals surface area contributed by atoms with Crippen molar-refractivity contribution < 1.29 is 18.3 Å². The van der Waals surface area contributed by atoms with Crippen LogP contribution in [-0.2, 0) is 27.9 Å². The molecule has 2 aromatic rings. The van der Waals surface area contributed by atoms with Gasteiger partial charge in [-0.15, -0.1) is 0 Å². The number of carbonyl (C=O) groups is 1. The number of aromatic nitrogens is 2. The van der Waals surface area contributed by atoms with Gasteiger partial charge in [0, 0.05) is 20.6 Å². The SMILES string of the molecule is CCCn1c(CN2CCC[C@@H]2C(=O)O)nc2cc(S(=O)(=O)N(C)C)ccc21. The molecule has 1 saturated heterocycles. The van der Waals surface area contributed by atoms with Gasteiger partial charge in [-0.1, -0.05) is 6.92 Å². The highest BCUT2D eigenvalue weighted by atomic mass is 32.2. The summed E-state index contributed by atoms with van der Waals surface area (Å²) in [6.45, 7) is 3.99. The second-order valence-electron chi connectivity index (χ2n) is 7.08. The monoisotopic (exact) mass is 394 g/mol. The largest absolute Gasteiger partial charge is 0.480 e. The summed E-state index contributed by atoms with van der Waals surface area (Å²) in [6.07, 6.45) is 2.41. The maximum absolute atomic E-state index is 12.4. The minimum Gasteiger partial charge on any atom is -0.480 e. The molecule has 2 heterocycles. The second kappa shape index (κ2) is 7.57. The molecule has 27 heavy (non-hydrogen) atoms. The first kappa shape index (κ1) is 19.8. The number of aliphatic carboxylic acids is 1. The zero-order valence-electron chi connectivity index (χ0n) is 15.9. The summed E-state index contributed by atoms with van der Waals surface area (Å²) in [5, 5.41) is 9.41. The molecule has 9 heteroatoms. The normalized spacial score (nSPS) is 18.6. The Morgan fingerprint density at radius 1 is 1.37 bits per heavy atom. The molecular weight excluding hydrogens is 368 g/mol. The molecular formula is C18H26N4O4S. The van der Waals surface area contributed by atoms with Crippen molar-refractivity contribution in [3.05, 3.63) is 24.0 Å². The third-order valence-electron chi connectivity index (χ3n) is 5.02. The number of benzene rings is 1. The number of rotatable bonds is 7. The van der Waals surface area contributed by atoms with Crippen molar-refractivity contribution in [3.8, 4) is 0 Å². The molecule has 1 aromatic carbocycles. The predicted molar refractivity (Wildman–Crippen MR) is 102 cm³/mol. The highest BCUT2D eigenvalue weighted by molar-refractivity contribution is 7.89. The maximum atomic E-state index is 12.4. The van der Waals surface area contributed by atoms with E-state index in [0.717, 1.165) is 37.3 Å². The minimum atomic E-state index is -3.53. The quantitative estimate of drug-likeness (QED) is 0.769. The lowest BCUT2D eigenvalue weighted by Crippen LogP contribution is -2.36. The fourth-order valence-electron chi connectivity index (χ4n) is 3.60. The summed E-state index contributed by atoms with van der Waals surface area (Å²) in [4.78, 5) is 18.3. The van der Waals surface area contributed by atoms with Crippen LogP contribution in [-0.4, -0.2) is 64.9 Å². The molecule has 0 spiro atoms. The third-order valence-corrected chi connectivity index (χ3v) is 6.83. The minimum absolute atomic E-state index is 0.206. The topological polar surface area (TPSA) is 95.7 Å². The van der Waals surface area contributed by atoms with E-state index in [-0.39, 0.29) is 4.90 Å². The Bertz CT molecular complexity index is 952. The molecule has 0 amide bonds. The van der Waals surface area contributed by atoms with Crippen LogP contribution in [0.25, 0.3) is 11.0 Å². The van der Waals surface area contributed by atoms with E-state index in [2.05, 4.69) is 16.5 Å². The number of hydrogen-bond acceptors (Lipinski definition) is 5. The Morgan fingerprint density at radius 2 is 2.11 bits per heavy atom. The van der Waals surface area contributed by atoms with Crippen molar-refractivity contribution in [3.63, 3.8) is 0 Å². The summed E-state index contributed by atoms with van der Waals surface area (Å²) < 4.78 is 28.1. The number of carboxylic acid groups (broad SMARTS) is 1. The molecule has 8 nitrogen and oxygen atoms in total. The Labute approximate surface area is 159 Å². The van der Waals surface area contributed by atoms with Crippen molar-refractivity contribution in [2.24, 2.45) is 0 Å². The van der Waals surface area contributed by atoms with Gasteiger partial charge >= 0.3 is 5.97 Å². The fraction of sp³-hybridized carbons (Fsp3) is 0.556. The van der Waals surface area contributed by atoms with Crippen LogP contribution in [0.5, 0.6) is 0 Å². The van der Waals surface area contributed by atoms with E-state index in [9.17, 15) is 18.3 Å². The molecule has 1 fully saturated rings. The summed E-state index contributed by atoms with van der Waals surface area (Å²) in [7, 11) is -0.531. The van der Waals surface area contributed by atoms with Crippen LogP contribution in [0, 0.1) is 0 Å². The van der Waals surface area contributed by atoms with Crippen LogP contribution in [0.3, 0.4) is 0 Å². The van der Waals surface area contributed by atoms with E-state index in [1.807, 2.05) is 4.90 Å². The third kappa shape index (κ3) is 3.71. The highest BCUT2D eigenvalue weighted by Crippen LogP contribution is 2.25. The highest BCUT2D eigenvalue weighted by Gasteiger charge is 2.31. The number of sulfonamides is 1. The van der Waals surface area contributed by atoms with E-state index in [1.165, 1.54) is 18.4 Å². The average Bonchev–Trinajstić information content (AvgIpc) is 3.20. The molecule has 1 aliphatic rings. The van der Waals surface area contributed by atoms with Crippen molar-refractivity contribution >= 4 is 27.0 Å². The van der Waals surface area contributed by atoms with Crippen molar-refractivity contribution in [1.82, 2.24) is 18.8 Å². The van der Waals surface area contributed by atoms with Crippen molar-refractivity contribution in [2.45, 2.75) is 50.2 Å². The van der Waals surface area contributed by atoms with Gasteiger partial charge in [0.25, 0.3) is 0 Å². The van der Waals surface area contributed by atoms with Crippen LogP contribution < -0.4 is 0 Å². The molecule has 0 radical (unpaired) electrons. The summed E-state index contributed by atoms with van der Waals surface area (Å²) in [6, 6.07) is 4.50. The van der Waals surface area contributed by atoms with Gasteiger partial charge in [0.1, 0.15) is 11.9 Å². The van der Waals surface area contributed by atoms with Crippen LogP contribution in [0.1, 0.15) is 32.0 Å². The van der Waals surface area contributed by atoms with Gasteiger partial charge in [-0.2, -0.15) is 0 Å². The molecule has 0 aliphatic carbocycles. The molecule has 1 N–H and O–H groups in total.